The molecule has 1 aliphatic rings. The summed E-state index contributed by atoms with van der Waals surface area (Å²) in [5.74, 6) is 0.460. The molecule has 6 heteroatoms. The minimum Gasteiger partial charge on any atom is -0.376 e. The second-order valence-corrected chi connectivity index (χ2v) is 3.05. The minimum absolute atomic E-state index is 0.211. The summed E-state index contributed by atoms with van der Waals surface area (Å²) in [6.45, 7) is 1.69. The largest absolute Gasteiger partial charge is 0.376 e. The van der Waals surface area contributed by atoms with Gasteiger partial charge in [-0.05, 0) is 21.1 Å². The molecule has 0 spiro atoms. The fraction of sp³-hybridized carbons (Fsp3) is 0.667. The third kappa shape index (κ3) is 1.65. The molecule has 1 fully saturated rings. The van der Waals surface area contributed by atoms with Crippen LogP contribution in [0.4, 0.5) is 0 Å². The predicted molar refractivity (Wildman–Crippen MR) is 41.5 cm³/mol. The molecule has 0 N–H and O–H groups in total. The Morgan fingerprint density at radius 1 is 1.42 bits per heavy atom. The number of hydrogen-bond donors (Lipinski definition) is 0. The summed E-state index contributed by atoms with van der Waals surface area (Å²) in [6.07, 6.45) is -0.211. The molecule has 1 atom stereocenters. The van der Waals surface area contributed by atoms with Gasteiger partial charge in [0.05, 0.1) is 19.8 Å². The second kappa shape index (κ2) is 3.51. The average molecular weight is 235 g/mol. The Morgan fingerprint density at radius 2 is 2.33 bits per heavy atom. The van der Waals surface area contributed by atoms with E-state index in [9.17, 15) is 0 Å². The van der Waals surface area contributed by atoms with Gasteiger partial charge in [0.2, 0.25) is 4.73 Å². The van der Waals surface area contributed by atoms with Crippen molar-refractivity contribution in [2.24, 2.45) is 0 Å². The Bertz CT molecular complexity index is 259. The highest BCUT2D eigenvalue weighted by Crippen LogP contribution is 2.19. The van der Waals surface area contributed by atoms with Crippen molar-refractivity contribution in [2.75, 3.05) is 19.8 Å². The standard InChI is InChI=1S/C6H7BrN2O3/c7-6-8-5(12-9-6)4-3-10-1-2-11-4/h4H,1-3H2. The summed E-state index contributed by atoms with van der Waals surface area (Å²) < 4.78 is 15.8. The zero-order chi connectivity index (χ0) is 8.39. The first kappa shape index (κ1) is 8.15. The summed E-state index contributed by atoms with van der Waals surface area (Å²) in [6, 6.07) is 0. The van der Waals surface area contributed by atoms with Crippen LogP contribution in [0.5, 0.6) is 0 Å². The summed E-state index contributed by atoms with van der Waals surface area (Å²) in [4.78, 5) is 3.97. The van der Waals surface area contributed by atoms with Gasteiger partial charge in [0, 0.05) is 0 Å². The Balaban J connectivity index is 2.08. The molecule has 0 radical (unpaired) electrons. The number of aromatic nitrogens is 2. The van der Waals surface area contributed by atoms with E-state index in [1.54, 1.807) is 0 Å². The summed E-state index contributed by atoms with van der Waals surface area (Å²) in [7, 11) is 0. The molecular formula is C6H7BrN2O3. The topological polar surface area (TPSA) is 57.4 Å². The number of ether oxygens (including phenoxy) is 2. The quantitative estimate of drug-likeness (QED) is 0.724. The number of rotatable bonds is 1. The van der Waals surface area contributed by atoms with Gasteiger partial charge in [0.1, 0.15) is 0 Å². The lowest BCUT2D eigenvalue weighted by atomic mass is 10.3. The zero-order valence-electron chi connectivity index (χ0n) is 6.20. The van der Waals surface area contributed by atoms with Gasteiger partial charge in [-0.25, -0.2) is 0 Å². The average Bonchev–Trinajstić information content (AvgIpc) is 2.54. The van der Waals surface area contributed by atoms with E-state index in [4.69, 9.17) is 14.0 Å². The number of halogens is 1. The van der Waals surface area contributed by atoms with E-state index in [2.05, 4.69) is 26.1 Å². The Labute approximate surface area is 77.2 Å². The Morgan fingerprint density at radius 3 is 2.92 bits per heavy atom. The van der Waals surface area contributed by atoms with Crippen molar-refractivity contribution < 1.29 is 14.0 Å². The predicted octanol–water partition coefficient (Wildman–Crippen LogP) is 0.920. The van der Waals surface area contributed by atoms with Crippen molar-refractivity contribution in [1.82, 2.24) is 10.1 Å². The molecule has 1 aromatic rings. The fourth-order valence-corrected chi connectivity index (χ4v) is 1.22. The minimum atomic E-state index is -0.211. The van der Waals surface area contributed by atoms with E-state index >= 15 is 0 Å². The Kier molecular flexibility index (Phi) is 2.38. The maximum atomic E-state index is 5.34. The van der Waals surface area contributed by atoms with Gasteiger partial charge in [-0.1, -0.05) is 0 Å². The maximum absolute atomic E-state index is 5.34. The van der Waals surface area contributed by atoms with Crippen molar-refractivity contribution in [3.8, 4) is 0 Å². The Hall–Kier alpha value is -0.460. The van der Waals surface area contributed by atoms with Gasteiger partial charge in [-0.2, -0.15) is 4.98 Å². The highest BCUT2D eigenvalue weighted by molar-refractivity contribution is 9.10. The lowest BCUT2D eigenvalue weighted by Crippen LogP contribution is -2.22. The summed E-state index contributed by atoms with van der Waals surface area (Å²) in [5, 5.41) is 3.59. The van der Waals surface area contributed by atoms with Crippen LogP contribution in [-0.4, -0.2) is 30.0 Å². The van der Waals surface area contributed by atoms with Crippen LogP contribution in [0.15, 0.2) is 9.26 Å². The number of hydrogen-bond acceptors (Lipinski definition) is 5. The van der Waals surface area contributed by atoms with Gasteiger partial charge in [0.25, 0.3) is 5.89 Å². The van der Waals surface area contributed by atoms with Gasteiger partial charge in [0.15, 0.2) is 6.10 Å². The highest BCUT2D eigenvalue weighted by atomic mass is 79.9. The van der Waals surface area contributed by atoms with Gasteiger partial charge < -0.3 is 14.0 Å². The molecule has 2 rings (SSSR count). The molecular weight excluding hydrogens is 228 g/mol. The summed E-state index contributed by atoms with van der Waals surface area (Å²) >= 11 is 3.09. The number of nitrogens with zero attached hydrogens (tertiary/aromatic N) is 2. The van der Waals surface area contributed by atoms with Crippen LogP contribution in [0.2, 0.25) is 0 Å². The van der Waals surface area contributed by atoms with E-state index in [-0.39, 0.29) is 6.10 Å². The third-order valence-electron chi connectivity index (χ3n) is 1.51. The van der Waals surface area contributed by atoms with Crippen LogP contribution in [0, 0.1) is 0 Å². The first-order valence-corrected chi connectivity index (χ1v) is 4.34. The fourth-order valence-electron chi connectivity index (χ4n) is 0.977. The van der Waals surface area contributed by atoms with Crippen LogP contribution in [0.25, 0.3) is 0 Å². The molecule has 0 saturated carbocycles. The van der Waals surface area contributed by atoms with E-state index in [1.165, 1.54) is 0 Å². The first-order chi connectivity index (χ1) is 5.86. The zero-order valence-corrected chi connectivity index (χ0v) is 7.78. The van der Waals surface area contributed by atoms with Crippen LogP contribution in [0.3, 0.4) is 0 Å². The molecule has 2 heterocycles. The molecule has 5 nitrogen and oxygen atoms in total. The molecule has 0 aliphatic carbocycles. The van der Waals surface area contributed by atoms with Crippen molar-refractivity contribution in [1.29, 1.82) is 0 Å². The SMILES string of the molecule is Brc1noc(C2COCCO2)n1. The van der Waals surface area contributed by atoms with E-state index in [0.717, 1.165) is 0 Å². The summed E-state index contributed by atoms with van der Waals surface area (Å²) in [5.41, 5.74) is 0. The van der Waals surface area contributed by atoms with E-state index in [1.807, 2.05) is 0 Å². The molecule has 0 bridgehead atoms. The molecule has 0 aromatic carbocycles. The molecule has 1 aliphatic heterocycles. The van der Waals surface area contributed by atoms with Crippen LogP contribution in [-0.2, 0) is 9.47 Å². The highest BCUT2D eigenvalue weighted by Gasteiger charge is 2.22. The molecule has 1 unspecified atom stereocenters. The lowest BCUT2D eigenvalue weighted by Gasteiger charge is -2.19. The van der Waals surface area contributed by atoms with E-state index < -0.39 is 0 Å². The van der Waals surface area contributed by atoms with E-state index in [0.29, 0.717) is 30.4 Å². The van der Waals surface area contributed by atoms with Gasteiger partial charge >= 0.3 is 0 Å². The van der Waals surface area contributed by atoms with Crippen LogP contribution in [0.1, 0.15) is 12.0 Å². The third-order valence-corrected chi connectivity index (χ3v) is 1.83. The smallest absolute Gasteiger partial charge is 0.258 e. The normalized spacial score (nSPS) is 24.2. The van der Waals surface area contributed by atoms with Gasteiger partial charge in [-0.15, -0.1) is 0 Å². The van der Waals surface area contributed by atoms with Crippen LogP contribution < -0.4 is 0 Å². The van der Waals surface area contributed by atoms with Crippen molar-refractivity contribution in [3.05, 3.63) is 10.6 Å². The second-order valence-electron chi connectivity index (χ2n) is 2.34. The van der Waals surface area contributed by atoms with Gasteiger partial charge in [-0.3, -0.25) is 0 Å². The molecule has 12 heavy (non-hydrogen) atoms. The first-order valence-electron chi connectivity index (χ1n) is 3.55. The molecule has 1 aromatic heterocycles. The molecule has 1 saturated heterocycles. The van der Waals surface area contributed by atoms with Crippen molar-refractivity contribution in [3.63, 3.8) is 0 Å². The van der Waals surface area contributed by atoms with Crippen LogP contribution >= 0.6 is 15.9 Å². The molecule has 66 valence electrons. The maximum Gasteiger partial charge on any atom is 0.258 e. The monoisotopic (exact) mass is 234 g/mol. The lowest BCUT2D eigenvalue weighted by molar-refractivity contribution is -0.101. The van der Waals surface area contributed by atoms with Crippen molar-refractivity contribution in [2.45, 2.75) is 6.10 Å². The van der Waals surface area contributed by atoms with Crippen molar-refractivity contribution >= 4 is 15.9 Å². The molecule has 0 amide bonds.